The van der Waals surface area contributed by atoms with Crippen LogP contribution in [-0.4, -0.2) is 30.2 Å². The predicted octanol–water partition coefficient (Wildman–Crippen LogP) is 4.08. The fourth-order valence-corrected chi connectivity index (χ4v) is 3.73. The Bertz CT molecular complexity index is 1270. The Balaban J connectivity index is 1.52. The van der Waals surface area contributed by atoms with Gasteiger partial charge in [0.05, 0.1) is 0 Å². The molecule has 0 aliphatic rings. The van der Waals surface area contributed by atoms with Gasteiger partial charge in [-0.2, -0.15) is 5.10 Å². The van der Waals surface area contributed by atoms with E-state index in [9.17, 15) is 9.18 Å². The van der Waals surface area contributed by atoms with Crippen molar-refractivity contribution < 1.29 is 9.18 Å². The largest absolute Gasteiger partial charge is 0.342 e. The van der Waals surface area contributed by atoms with Crippen LogP contribution in [0.15, 0.2) is 60.9 Å². The van der Waals surface area contributed by atoms with Gasteiger partial charge in [0.25, 0.3) is 0 Å². The molecule has 0 aliphatic heterocycles. The average Bonchev–Trinajstić information content (AvgIpc) is 3.37. The molecule has 32 heavy (non-hydrogen) atoms. The lowest BCUT2D eigenvalue weighted by molar-refractivity contribution is -0.121. The zero-order valence-corrected chi connectivity index (χ0v) is 18.6. The second kappa shape index (κ2) is 9.27. The van der Waals surface area contributed by atoms with Crippen molar-refractivity contribution in [2.24, 2.45) is 7.05 Å². The van der Waals surface area contributed by atoms with Gasteiger partial charge in [0.2, 0.25) is 5.91 Å². The lowest BCUT2D eigenvalue weighted by Gasteiger charge is -2.19. The van der Waals surface area contributed by atoms with Crippen LogP contribution in [0.5, 0.6) is 0 Å². The van der Waals surface area contributed by atoms with Crippen LogP contribution in [0.25, 0.3) is 11.4 Å². The highest BCUT2D eigenvalue weighted by atomic mass is 32.1. The van der Waals surface area contributed by atoms with Crippen molar-refractivity contribution in [1.82, 2.24) is 29.6 Å². The zero-order valence-electron chi connectivity index (χ0n) is 17.7. The molecule has 9 heteroatoms. The van der Waals surface area contributed by atoms with Crippen LogP contribution in [0.2, 0.25) is 0 Å². The van der Waals surface area contributed by atoms with Crippen molar-refractivity contribution >= 4 is 18.1 Å². The summed E-state index contributed by atoms with van der Waals surface area (Å²) in [6, 6.07) is 13.5. The van der Waals surface area contributed by atoms with E-state index >= 15 is 0 Å². The molecule has 7 nitrogen and oxygen atoms in total. The summed E-state index contributed by atoms with van der Waals surface area (Å²) in [5, 5.41) is 10.2. The minimum absolute atomic E-state index is 0.180. The molecule has 0 fully saturated rings. The number of halogens is 1. The van der Waals surface area contributed by atoms with Gasteiger partial charge in [0.15, 0.2) is 10.6 Å². The second-order valence-corrected chi connectivity index (χ2v) is 7.96. The first-order valence-electron chi connectivity index (χ1n) is 10.2. The molecule has 4 aromatic rings. The van der Waals surface area contributed by atoms with Gasteiger partial charge in [-0.05, 0) is 36.8 Å². The minimum atomic E-state index is -0.503. The van der Waals surface area contributed by atoms with E-state index in [0.29, 0.717) is 23.0 Å². The molecule has 164 valence electrons. The second-order valence-electron chi connectivity index (χ2n) is 7.57. The number of carbonyl (C=O) groups is 1. The maximum absolute atomic E-state index is 13.4. The normalized spacial score (nSPS) is 12.0. The van der Waals surface area contributed by atoms with Gasteiger partial charge in [-0.3, -0.25) is 14.5 Å². The molecule has 0 spiro atoms. The first-order chi connectivity index (χ1) is 15.4. The van der Waals surface area contributed by atoms with Crippen molar-refractivity contribution in [3.05, 3.63) is 88.5 Å². The van der Waals surface area contributed by atoms with Crippen LogP contribution in [0.4, 0.5) is 4.39 Å². The molecule has 2 aromatic heterocycles. The van der Waals surface area contributed by atoms with E-state index in [-0.39, 0.29) is 18.1 Å². The van der Waals surface area contributed by atoms with Gasteiger partial charge in [0, 0.05) is 38.0 Å². The minimum Gasteiger partial charge on any atom is -0.342 e. The Morgan fingerprint density at radius 3 is 2.56 bits per heavy atom. The number of H-pyrrole nitrogens is 1. The van der Waals surface area contributed by atoms with Gasteiger partial charge in [0.1, 0.15) is 17.7 Å². The number of carbonyl (C=O) groups excluding carboxylic acids is 1. The Hall–Kier alpha value is -3.59. The molecule has 1 amide bonds. The smallest absolute Gasteiger partial charge is 0.222 e. The Kier molecular flexibility index (Phi) is 6.27. The third-order valence-electron chi connectivity index (χ3n) is 5.26. The topological polar surface area (TPSA) is 80.5 Å². The number of benzene rings is 2. The van der Waals surface area contributed by atoms with Crippen molar-refractivity contribution in [3.63, 3.8) is 0 Å². The van der Waals surface area contributed by atoms with Gasteiger partial charge in [-0.1, -0.05) is 42.0 Å². The Labute approximate surface area is 189 Å². The van der Waals surface area contributed by atoms with Crippen LogP contribution in [0.1, 0.15) is 29.4 Å². The highest BCUT2D eigenvalue weighted by Crippen LogP contribution is 2.22. The van der Waals surface area contributed by atoms with E-state index in [1.54, 1.807) is 24.5 Å². The van der Waals surface area contributed by atoms with Crippen LogP contribution in [0.3, 0.4) is 0 Å². The summed E-state index contributed by atoms with van der Waals surface area (Å²) in [6.45, 7) is 2.38. The van der Waals surface area contributed by atoms with Gasteiger partial charge >= 0.3 is 0 Å². The highest BCUT2D eigenvalue weighted by molar-refractivity contribution is 7.71. The van der Waals surface area contributed by atoms with E-state index in [0.717, 1.165) is 16.7 Å². The molecule has 2 heterocycles. The number of nitrogens with zero attached hydrogens (tertiary/aromatic N) is 4. The summed E-state index contributed by atoms with van der Waals surface area (Å²) in [6.07, 6.45) is 3.65. The summed E-state index contributed by atoms with van der Waals surface area (Å²) in [5.41, 5.74) is 2.81. The summed E-state index contributed by atoms with van der Waals surface area (Å²) >= 11 is 5.37. The third-order valence-corrected chi connectivity index (χ3v) is 5.57. The number of aromatic nitrogens is 5. The highest BCUT2D eigenvalue weighted by Gasteiger charge is 2.21. The van der Waals surface area contributed by atoms with Crippen molar-refractivity contribution in [2.75, 3.05) is 0 Å². The van der Waals surface area contributed by atoms with E-state index in [1.165, 1.54) is 12.1 Å². The first-order valence-corrected chi connectivity index (χ1v) is 10.6. The monoisotopic (exact) mass is 450 g/mol. The van der Waals surface area contributed by atoms with Crippen molar-refractivity contribution in [2.45, 2.75) is 25.9 Å². The molecule has 0 unspecified atom stereocenters. The van der Waals surface area contributed by atoms with Gasteiger partial charge in [-0.15, -0.1) is 0 Å². The van der Waals surface area contributed by atoms with Crippen molar-refractivity contribution in [3.8, 4) is 11.4 Å². The number of amides is 1. The summed E-state index contributed by atoms with van der Waals surface area (Å²) in [4.78, 5) is 17.3. The van der Waals surface area contributed by atoms with Crippen LogP contribution >= 0.6 is 12.2 Å². The first kappa shape index (κ1) is 21.6. The molecule has 1 atom stereocenters. The molecular formula is C23H23FN6OS. The quantitative estimate of drug-likeness (QED) is 0.416. The number of hydrogen-bond acceptors (Lipinski definition) is 4. The molecule has 0 saturated heterocycles. The summed E-state index contributed by atoms with van der Waals surface area (Å²) in [7, 11) is 1.85. The standard InChI is InChI=1S/C23H23FN6OS/c1-15-3-5-17(6-4-15)21-27-28-23(32)30(21)13-11-19(31)26-20(22-25-12-14-29(22)2)16-7-9-18(24)10-8-16/h3-10,12,14,20H,11,13H2,1-2H3,(H,26,31)(H,28,32)/t20-/m0/s1. The third kappa shape index (κ3) is 4.67. The molecule has 4 rings (SSSR count). The van der Waals surface area contributed by atoms with Gasteiger partial charge in [-0.25, -0.2) is 9.37 Å². The fraction of sp³-hybridized carbons (Fsp3) is 0.217. The molecule has 2 aromatic carbocycles. The summed E-state index contributed by atoms with van der Waals surface area (Å²) < 4.78 is 17.5. The number of aromatic amines is 1. The molecule has 0 radical (unpaired) electrons. The number of rotatable bonds is 7. The SMILES string of the molecule is Cc1ccc(-c2n[nH]c(=S)n2CCC(=O)N[C@@H](c2ccc(F)cc2)c2nccn2C)cc1. The molecule has 0 bridgehead atoms. The van der Waals surface area contributed by atoms with Crippen molar-refractivity contribution in [1.29, 1.82) is 0 Å². The van der Waals surface area contributed by atoms with Crippen LogP contribution in [0, 0.1) is 17.5 Å². The van der Waals surface area contributed by atoms with Crippen LogP contribution < -0.4 is 5.32 Å². The average molecular weight is 451 g/mol. The summed E-state index contributed by atoms with van der Waals surface area (Å²) in [5.74, 6) is 0.823. The van der Waals surface area contributed by atoms with E-state index in [2.05, 4.69) is 20.5 Å². The van der Waals surface area contributed by atoms with E-state index in [1.807, 2.05) is 47.4 Å². The lowest BCUT2D eigenvalue weighted by atomic mass is 10.1. The number of hydrogen-bond donors (Lipinski definition) is 2. The lowest BCUT2D eigenvalue weighted by Crippen LogP contribution is -2.31. The molecular weight excluding hydrogens is 427 g/mol. The maximum atomic E-state index is 13.4. The van der Waals surface area contributed by atoms with E-state index < -0.39 is 6.04 Å². The Morgan fingerprint density at radius 2 is 1.91 bits per heavy atom. The molecule has 0 aliphatic carbocycles. The molecule has 0 saturated carbocycles. The van der Waals surface area contributed by atoms with E-state index in [4.69, 9.17) is 12.2 Å². The zero-order chi connectivity index (χ0) is 22.7. The predicted molar refractivity (Wildman–Crippen MR) is 122 cm³/mol. The maximum Gasteiger partial charge on any atom is 0.222 e. The fourth-order valence-electron chi connectivity index (χ4n) is 3.50. The number of aryl methyl sites for hydroxylation is 2. The Morgan fingerprint density at radius 1 is 1.19 bits per heavy atom. The van der Waals surface area contributed by atoms with Gasteiger partial charge < -0.3 is 9.88 Å². The number of imidazole rings is 1. The number of nitrogens with one attached hydrogen (secondary N) is 2. The molecule has 2 N–H and O–H groups in total. The van der Waals surface area contributed by atoms with Crippen LogP contribution in [-0.2, 0) is 18.4 Å².